The van der Waals surface area contributed by atoms with Crippen LogP contribution in [-0.2, 0) is 14.3 Å². The number of ether oxygens (including phenoxy) is 1. The maximum atomic E-state index is 10.9. The van der Waals surface area contributed by atoms with Gasteiger partial charge in [-0.05, 0) is 0 Å². The van der Waals surface area contributed by atoms with Crippen LogP contribution in [0.2, 0.25) is 0 Å². The van der Waals surface area contributed by atoms with Crippen LogP contribution in [0.3, 0.4) is 0 Å². The molecule has 0 aromatic carbocycles. The van der Waals surface area contributed by atoms with E-state index in [0.29, 0.717) is 0 Å². The Morgan fingerprint density at radius 3 is 1.81 bits per heavy atom. The van der Waals surface area contributed by atoms with E-state index < -0.39 is 11.9 Å². The lowest BCUT2D eigenvalue weighted by Gasteiger charge is -2.26. The summed E-state index contributed by atoms with van der Waals surface area (Å²) in [6.07, 6.45) is 1.59. The Bertz CT molecular complexity index is 247. The maximum Gasteiger partial charge on any atom is 0.359 e. The van der Waals surface area contributed by atoms with Gasteiger partial charge in [0.05, 0.1) is 20.5 Å². The molecule has 0 aromatic rings. The van der Waals surface area contributed by atoms with Gasteiger partial charge >= 0.3 is 11.9 Å². The van der Waals surface area contributed by atoms with Crippen LogP contribution in [0.15, 0.2) is 12.7 Å². The molecule has 1 N–H and O–H groups in total. The normalized spacial score (nSPS) is 7.43. The maximum absolute atomic E-state index is 10.9. The average molecular weight is 536 g/mol. The van der Waals surface area contributed by atoms with E-state index in [4.69, 9.17) is 9.84 Å². The van der Waals surface area contributed by atoms with E-state index in [0.717, 1.165) is 0 Å². The van der Waals surface area contributed by atoms with Crippen LogP contribution in [-0.4, -0.2) is 48.9 Å². The summed E-state index contributed by atoms with van der Waals surface area (Å²) in [6, 6.07) is 0. The van der Waals surface area contributed by atoms with Gasteiger partial charge in [-0.15, -0.1) is 6.58 Å². The van der Waals surface area contributed by atoms with Crippen LogP contribution >= 0.6 is 37.2 Å². The zero-order valence-corrected chi connectivity index (χ0v) is 13.6. The third-order valence-electron chi connectivity index (χ3n) is 1.45. The first kappa shape index (κ1) is 42.9. The highest BCUT2D eigenvalue weighted by atomic mass is 128. The molecule has 7 heteroatoms. The molecular weight excluding hydrogens is 500 g/mol. The first-order chi connectivity index (χ1) is 7.37. The number of aliphatic carboxylic acids is 1. The number of hydrogen-bond acceptors (Lipinski definition) is 3. The molecule has 0 radical (unpaired) electrons. The minimum atomic E-state index is -0.922. The lowest BCUT2D eigenvalue weighted by atomic mass is 10.4. The average Bonchev–Trinajstić information content (AvgIpc) is 2.17. The van der Waals surface area contributed by atoms with Gasteiger partial charge in [-0.25, -0.2) is 4.79 Å². The number of nitrogens with zero attached hydrogens (tertiary/aromatic N) is 1. The Balaban J connectivity index is -0.0000000535. The fourth-order valence-electron chi connectivity index (χ4n) is 0.835. The van der Waals surface area contributed by atoms with E-state index in [1.54, 1.807) is 14.1 Å². The molecule has 0 spiro atoms. The molecule has 0 amide bonds. The number of hydrogen-bond donors (Lipinski definition) is 1. The second-order valence-corrected chi connectivity index (χ2v) is 3.63. The van der Waals surface area contributed by atoms with Crippen molar-refractivity contribution in [1.82, 2.24) is 0 Å². The van der Waals surface area contributed by atoms with E-state index in [1.807, 2.05) is 0 Å². The number of esters is 1. The van der Waals surface area contributed by atoms with Crippen LogP contribution in [0.1, 0.15) is 43.6 Å². The van der Waals surface area contributed by atoms with E-state index in [9.17, 15) is 9.59 Å². The molecule has 0 fully saturated rings. The highest BCUT2D eigenvalue weighted by Gasteiger charge is 2.20. The third-order valence-corrected chi connectivity index (χ3v) is 1.45. The lowest BCUT2D eigenvalue weighted by Crippen LogP contribution is -2.45. The van der Waals surface area contributed by atoms with Gasteiger partial charge in [-0.2, -0.15) is 0 Å². The summed E-state index contributed by atoms with van der Waals surface area (Å²) in [4.78, 5) is 21.3. The van der Waals surface area contributed by atoms with Gasteiger partial charge in [-0.3, -0.25) is 9.28 Å². The number of quaternary nitrogens is 1. The first-order valence-electron chi connectivity index (χ1n) is 4.32. The molecule has 0 saturated heterocycles. The van der Waals surface area contributed by atoms with Crippen molar-refractivity contribution in [2.45, 2.75) is 43.6 Å². The minimum Gasteiger partial charge on any atom is -0.477 e. The van der Waals surface area contributed by atoms with Crippen molar-refractivity contribution in [3.05, 3.63) is 12.7 Å². The monoisotopic (exact) mass is 536 g/mol. The van der Waals surface area contributed by atoms with Crippen LogP contribution in [0, 0.1) is 0 Å². The molecule has 0 heterocycles. The number of likely N-dealkylation sites (N-methyl/N-ethyl adjacent to an activating group) is 1. The van der Waals surface area contributed by atoms with Gasteiger partial charge in [0, 0.05) is 37.2 Å². The van der Waals surface area contributed by atoms with Gasteiger partial charge in [0.15, 0.2) is 6.54 Å². The Morgan fingerprint density at radius 2 is 1.52 bits per heavy atom. The van der Waals surface area contributed by atoms with Crippen molar-refractivity contribution in [3.8, 4) is 0 Å². The summed E-state index contributed by atoms with van der Waals surface area (Å²) in [7, 11) is 3.35. The van der Waals surface area contributed by atoms with E-state index in [2.05, 4.69) is 43.8 Å². The zero-order valence-electron chi connectivity index (χ0n) is 9.28. The Hall–Kier alpha value is 0.1000. The van der Waals surface area contributed by atoms with Crippen LogP contribution in [0.25, 0.3) is 0 Å². The number of carbonyl (C=O) groups is 2. The molecule has 0 aliphatic heterocycles. The standard InChI is InChI=1S/C9H15NO4.5CH4.I2/c1-4-5-9(13)14-7-10(2,3)6-8(11)12;;;;;;1-2/h4H,1,5-7H2,2-3H3;5*1H4;/p+1. The lowest BCUT2D eigenvalue weighted by molar-refractivity contribution is -0.900. The molecule has 21 heavy (non-hydrogen) atoms. The number of carboxylic acids is 1. The molecule has 0 bridgehead atoms. The Morgan fingerprint density at radius 1 is 1.14 bits per heavy atom. The van der Waals surface area contributed by atoms with Gasteiger partial charge < -0.3 is 9.84 Å². The second-order valence-electron chi connectivity index (χ2n) is 3.63. The molecule has 0 unspecified atom stereocenters. The molecule has 0 aliphatic carbocycles. The Labute approximate surface area is 156 Å². The highest BCUT2D eigenvalue weighted by molar-refractivity contribution is 15.0. The first-order valence-corrected chi connectivity index (χ1v) is 10.6. The van der Waals surface area contributed by atoms with Crippen molar-refractivity contribution in [3.63, 3.8) is 0 Å². The van der Waals surface area contributed by atoms with Gasteiger partial charge in [0.25, 0.3) is 0 Å². The highest BCUT2D eigenvalue weighted by Crippen LogP contribution is 1.98. The number of halogens is 2. The van der Waals surface area contributed by atoms with Crippen LogP contribution < -0.4 is 0 Å². The number of carbonyl (C=O) groups excluding carboxylic acids is 1. The van der Waals surface area contributed by atoms with E-state index in [1.165, 1.54) is 6.08 Å². The molecule has 0 atom stereocenters. The molecule has 0 aliphatic rings. The fraction of sp³-hybridized carbons (Fsp3) is 0.714. The molecular formula is C14H36I2NO4+. The zero-order chi connectivity index (χ0) is 13.2. The van der Waals surface area contributed by atoms with Gasteiger partial charge in [-0.1, -0.05) is 43.2 Å². The van der Waals surface area contributed by atoms with Crippen molar-refractivity contribution < 1.29 is 23.9 Å². The predicted molar refractivity (Wildman–Crippen MR) is 112 cm³/mol. The third kappa shape index (κ3) is 33.1. The van der Waals surface area contributed by atoms with Crippen molar-refractivity contribution in [2.24, 2.45) is 0 Å². The van der Waals surface area contributed by atoms with E-state index in [-0.39, 0.29) is 61.3 Å². The van der Waals surface area contributed by atoms with E-state index >= 15 is 0 Å². The SMILES string of the molecule is C.C.C.C.C.C=CCC(=O)OC[N+](C)(C)CC(=O)O.II. The molecule has 134 valence electrons. The van der Waals surface area contributed by atoms with Gasteiger partial charge in [0.2, 0.25) is 6.73 Å². The number of carboxylic acid groups (broad SMARTS) is 1. The molecule has 0 rings (SSSR count). The molecule has 0 saturated carbocycles. The fourth-order valence-corrected chi connectivity index (χ4v) is 0.835. The summed E-state index contributed by atoms with van der Waals surface area (Å²) in [5, 5.41) is 8.55. The molecule has 0 aromatic heterocycles. The second kappa shape index (κ2) is 25.1. The van der Waals surface area contributed by atoms with Crippen LogP contribution in [0.5, 0.6) is 0 Å². The van der Waals surface area contributed by atoms with Crippen molar-refractivity contribution in [2.75, 3.05) is 27.4 Å². The molecule has 5 nitrogen and oxygen atoms in total. The summed E-state index contributed by atoms with van der Waals surface area (Å²) in [6.45, 7) is 3.37. The topological polar surface area (TPSA) is 63.6 Å². The number of rotatable bonds is 6. The van der Waals surface area contributed by atoms with Crippen molar-refractivity contribution in [1.29, 1.82) is 0 Å². The summed E-state index contributed by atoms with van der Waals surface area (Å²) < 4.78 is 4.96. The predicted octanol–water partition coefficient (Wildman–Crippen LogP) is 5.18. The Kier molecular flexibility index (Phi) is 51.2. The smallest absolute Gasteiger partial charge is 0.359 e. The van der Waals surface area contributed by atoms with Crippen LogP contribution in [0.4, 0.5) is 0 Å². The van der Waals surface area contributed by atoms with Gasteiger partial charge in [0.1, 0.15) is 0 Å². The minimum absolute atomic E-state index is 0. The van der Waals surface area contributed by atoms with Crippen molar-refractivity contribution >= 4 is 49.2 Å². The summed E-state index contributed by atoms with van der Waals surface area (Å²) in [5.41, 5.74) is 0. The summed E-state index contributed by atoms with van der Waals surface area (Å²) >= 11 is 4.24. The quantitative estimate of drug-likeness (QED) is 0.167. The largest absolute Gasteiger partial charge is 0.477 e. The summed E-state index contributed by atoms with van der Waals surface area (Å²) in [5.74, 6) is -1.31.